The van der Waals surface area contributed by atoms with Crippen molar-refractivity contribution in [3.8, 4) is 22.8 Å². The van der Waals surface area contributed by atoms with Crippen LogP contribution < -0.4 is 20.0 Å². The summed E-state index contributed by atoms with van der Waals surface area (Å²) in [4.78, 5) is 18.4. The van der Waals surface area contributed by atoms with Crippen LogP contribution in [0.5, 0.6) is 11.6 Å². The van der Waals surface area contributed by atoms with E-state index in [1.165, 1.54) is 11.3 Å². The molecule has 27 heavy (non-hydrogen) atoms. The molecule has 1 atom stereocenters. The molecular weight excluding hydrogens is 386 g/mol. The predicted molar refractivity (Wildman–Crippen MR) is 102 cm³/mol. The molecule has 0 saturated heterocycles. The lowest BCUT2D eigenvalue weighted by Crippen LogP contribution is -2.55. The first-order valence-electron chi connectivity index (χ1n) is 8.69. The monoisotopic (exact) mass is 403 g/mol. The lowest BCUT2D eigenvalue weighted by Gasteiger charge is -2.18. The first kappa shape index (κ1) is 18.0. The fourth-order valence-corrected chi connectivity index (χ4v) is 4.78. The van der Waals surface area contributed by atoms with E-state index in [2.05, 4.69) is 4.98 Å². The summed E-state index contributed by atoms with van der Waals surface area (Å²) in [5.74, 6) is 1.19. The van der Waals surface area contributed by atoms with Crippen LogP contribution in [-0.2, 0) is 13.0 Å². The van der Waals surface area contributed by atoms with Crippen LogP contribution in [0.4, 0.5) is 0 Å². The van der Waals surface area contributed by atoms with Crippen molar-refractivity contribution in [1.82, 2.24) is 9.55 Å². The molecule has 8 heteroatoms. The van der Waals surface area contributed by atoms with Gasteiger partial charge in [-0.3, -0.25) is 0 Å². The summed E-state index contributed by atoms with van der Waals surface area (Å²) in [5.41, 5.74) is 0.513. The topological polar surface area (TPSA) is 71.1 Å². The molecule has 0 spiro atoms. The number of thiazole rings is 1. The maximum Gasteiger partial charge on any atom is 0.345 e. The average molecular weight is 404 g/mol. The Morgan fingerprint density at radius 2 is 2.15 bits per heavy atom. The minimum Gasteiger partial charge on any atom is -0.842 e. The fraction of sp³-hybridized carbons (Fsp3) is 0.316. The minimum atomic E-state index is -0.267. The second-order valence-corrected chi connectivity index (χ2v) is 7.96. The number of nitrogens with zero attached hydrogens (tertiary/aromatic N) is 3. The van der Waals surface area contributed by atoms with Crippen molar-refractivity contribution >= 4 is 22.9 Å². The van der Waals surface area contributed by atoms with Gasteiger partial charge in [0.2, 0.25) is 0 Å². The van der Waals surface area contributed by atoms with Crippen molar-refractivity contribution in [2.75, 3.05) is 7.11 Å². The van der Waals surface area contributed by atoms with Crippen LogP contribution in [0.3, 0.4) is 0 Å². The zero-order valence-electron chi connectivity index (χ0n) is 14.9. The highest BCUT2D eigenvalue weighted by Gasteiger charge is 2.37. The third kappa shape index (κ3) is 2.91. The third-order valence-electron chi connectivity index (χ3n) is 4.95. The lowest BCUT2D eigenvalue weighted by molar-refractivity contribution is -0.724. The zero-order valence-corrected chi connectivity index (χ0v) is 16.5. The molecule has 0 N–H and O–H groups in total. The number of halogens is 1. The van der Waals surface area contributed by atoms with Crippen LogP contribution in [-0.4, -0.2) is 16.7 Å². The molecule has 1 aromatic carbocycles. The Labute approximate surface area is 165 Å². The Kier molecular flexibility index (Phi) is 4.65. The largest absolute Gasteiger partial charge is 0.842 e. The summed E-state index contributed by atoms with van der Waals surface area (Å²) in [5, 5.41) is 13.1. The average Bonchev–Trinajstić information content (AvgIpc) is 3.29. The van der Waals surface area contributed by atoms with E-state index >= 15 is 0 Å². The highest BCUT2D eigenvalue weighted by Crippen LogP contribution is 2.33. The number of aromatic nitrogens is 3. The number of ether oxygens (including phenoxy) is 1. The second kappa shape index (κ2) is 6.98. The molecule has 140 valence electrons. The molecule has 0 fully saturated rings. The van der Waals surface area contributed by atoms with Crippen LogP contribution in [0.25, 0.3) is 11.1 Å². The summed E-state index contributed by atoms with van der Waals surface area (Å²) < 4.78 is 9.07. The van der Waals surface area contributed by atoms with Gasteiger partial charge < -0.3 is 9.84 Å². The van der Waals surface area contributed by atoms with Crippen molar-refractivity contribution in [3.63, 3.8) is 0 Å². The SMILES string of the molecule is CCn1c([O-])c(-c2ccc(OC)cc2)c(=O)[n+]2c1CCC2c1cnc(Cl)s1. The molecule has 0 amide bonds. The van der Waals surface area contributed by atoms with Crippen LogP contribution in [0.1, 0.15) is 30.1 Å². The number of methoxy groups -OCH3 is 1. The van der Waals surface area contributed by atoms with E-state index in [-0.39, 0.29) is 23.0 Å². The van der Waals surface area contributed by atoms with Gasteiger partial charge in [-0.1, -0.05) is 23.7 Å². The third-order valence-corrected chi connectivity index (χ3v) is 6.17. The number of rotatable bonds is 4. The number of hydrogen-bond donors (Lipinski definition) is 0. The molecule has 0 radical (unpaired) electrons. The molecule has 3 heterocycles. The van der Waals surface area contributed by atoms with Crippen LogP contribution >= 0.6 is 22.9 Å². The zero-order chi connectivity index (χ0) is 19.1. The highest BCUT2D eigenvalue weighted by atomic mass is 35.5. The molecule has 6 nitrogen and oxygen atoms in total. The van der Waals surface area contributed by atoms with E-state index in [0.717, 1.165) is 17.1 Å². The Morgan fingerprint density at radius 1 is 1.41 bits per heavy atom. The number of fused-ring (bicyclic) bond motifs is 1. The molecule has 0 saturated carbocycles. The normalized spacial score (nSPS) is 15.7. The molecule has 1 aliphatic heterocycles. The number of benzene rings is 1. The van der Waals surface area contributed by atoms with Gasteiger partial charge in [0, 0.05) is 12.6 Å². The van der Waals surface area contributed by atoms with Crippen molar-refractivity contribution in [3.05, 3.63) is 56.0 Å². The standard InChI is InChI=1S/C19H18ClN3O3S/c1-3-22-15-9-8-13(14-10-21-19(20)27-14)23(15)18(25)16(17(22)24)11-4-6-12(26-2)7-5-11/h4-7,10,13H,3,8-9H2,1-2H3. The summed E-state index contributed by atoms with van der Waals surface area (Å²) >= 11 is 7.37. The highest BCUT2D eigenvalue weighted by molar-refractivity contribution is 7.15. The Bertz CT molecular complexity index is 1060. The summed E-state index contributed by atoms with van der Waals surface area (Å²) in [7, 11) is 1.58. The van der Waals surface area contributed by atoms with Crippen molar-refractivity contribution in [2.45, 2.75) is 32.4 Å². The Morgan fingerprint density at radius 3 is 2.74 bits per heavy atom. The summed E-state index contributed by atoms with van der Waals surface area (Å²) in [6.45, 7) is 2.43. The number of hydrogen-bond acceptors (Lipinski definition) is 5. The first-order valence-corrected chi connectivity index (χ1v) is 9.88. The van der Waals surface area contributed by atoms with E-state index in [9.17, 15) is 9.90 Å². The molecule has 3 aromatic rings. The molecule has 0 bridgehead atoms. The molecule has 1 aliphatic rings. The van der Waals surface area contributed by atoms with E-state index in [1.807, 2.05) is 6.92 Å². The Hall–Kier alpha value is -2.38. The smallest absolute Gasteiger partial charge is 0.345 e. The molecule has 4 rings (SSSR count). The predicted octanol–water partition coefficient (Wildman–Crippen LogP) is 2.55. The second-order valence-electron chi connectivity index (χ2n) is 6.31. The summed E-state index contributed by atoms with van der Waals surface area (Å²) in [6, 6.07) is 6.86. The van der Waals surface area contributed by atoms with Gasteiger partial charge in [-0.15, -0.1) is 11.3 Å². The fourth-order valence-electron chi connectivity index (χ4n) is 3.70. The minimum absolute atomic E-state index is 0.145. The molecule has 1 unspecified atom stereocenters. The van der Waals surface area contributed by atoms with Gasteiger partial charge in [-0.25, -0.2) is 14.3 Å². The first-order chi connectivity index (χ1) is 13.0. The van der Waals surface area contributed by atoms with Crippen LogP contribution in [0.15, 0.2) is 35.3 Å². The van der Waals surface area contributed by atoms with Crippen LogP contribution in [0, 0.1) is 0 Å². The van der Waals surface area contributed by atoms with Gasteiger partial charge in [0.25, 0.3) is 5.82 Å². The van der Waals surface area contributed by atoms with E-state index in [1.54, 1.807) is 46.7 Å². The maximum atomic E-state index is 13.4. The van der Waals surface area contributed by atoms with Gasteiger partial charge >= 0.3 is 5.56 Å². The van der Waals surface area contributed by atoms with E-state index in [4.69, 9.17) is 16.3 Å². The van der Waals surface area contributed by atoms with Gasteiger partial charge in [0.05, 0.1) is 30.8 Å². The lowest BCUT2D eigenvalue weighted by atomic mass is 10.1. The van der Waals surface area contributed by atoms with Crippen molar-refractivity contribution in [2.24, 2.45) is 0 Å². The van der Waals surface area contributed by atoms with E-state index < -0.39 is 0 Å². The molecule has 2 aromatic heterocycles. The maximum absolute atomic E-state index is 13.4. The van der Waals surface area contributed by atoms with Gasteiger partial charge in [-0.2, -0.15) is 4.57 Å². The quantitative estimate of drug-likeness (QED) is 0.628. The van der Waals surface area contributed by atoms with Crippen LogP contribution in [0.2, 0.25) is 4.47 Å². The van der Waals surface area contributed by atoms with Gasteiger partial charge in [0.1, 0.15) is 17.4 Å². The summed E-state index contributed by atoms with van der Waals surface area (Å²) in [6.07, 6.45) is 3.13. The van der Waals surface area contributed by atoms with Crippen molar-refractivity contribution < 1.29 is 14.4 Å². The Balaban J connectivity index is 1.94. The van der Waals surface area contributed by atoms with Crippen molar-refractivity contribution in [1.29, 1.82) is 0 Å². The van der Waals surface area contributed by atoms with E-state index in [0.29, 0.717) is 28.7 Å². The molecular formula is C19H18ClN3O3S. The molecule has 0 aliphatic carbocycles. The van der Waals surface area contributed by atoms with Gasteiger partial charge in [0.15, 0.2) is 4.47 Å². The van der Waals surface area contributed by atoms with Gasteiger partial charge in [-0.05, 0) is 24.6 Å².